The Labute approximate surface area is 91.0 Å². The van der Waals surface area contributed by atoms with Gasteiger partial charge in [-0.2, -0.15) is 0 Å². The smallest absolute Gasteiger partial charge is 0.164 e. The van der Waals surface area contributed by atoms with Crippen LogP contribution in [0.5, 0.6) is 17.2 Å². The molecule has 0 heterocycles. The molecule has 0 aliphatic carbocycles. The minimum Gasteiger partial charge on any atom is -0.493 e. The highest BCUT2D eigenvalue weighted by Gasteiger charge is 2.13. The van der Waals surface area contributed by atoms with E-state index >= 15 is 0 Å². The zero-order valence-electron chi connectivity index (χ0n) is 9.96. The van der Waals surface area contributed by atoms with E-state index in [4.69, 9.17) is 14.2 Å². The molecule has 15 heavy (non-hydrogen) atoms. The molecule has 0 spiro atoms. The maximum absolute atomic E-state index is 5.71. The predicted molar refractivity (Wildman–Crippen MR) is 59.9 cm³/mol. The molecule has 0 amide bonds. The molecule has 0 aromatic heterocycles. The molecule has 0 bridgehead atoms. The van der Waals surface area contributed by atoms with E-state index < -0.39 is 0 Å². The van der Waals surface area contributed by atoms with Gasteiger partial charge in [0.05, 0.1) is 14.2 Å². The Balaban J connectivity index is 2.93. The van der Waals surface area contributed by atoms with E-state index in [1.807, 2.05) is 39.0 Å². The normalized spacial score (nSPS) is 11.0. The Kier molecular flexibility index (Phi) is 3.45. The number of hydrogen-bond donors (Lipinski definition) is 0. The SMILES string of the molecule is COc1ccc(OC(C)(C)C)cc1OC. The van der Waals surface area contributed by atoms with Gasteiger partial charge in [0, 0.05) is 6.07 Å². The summed E-state index contributed by atoms with van der Waals surface area (Å²) in [5.74, 6) is 2.16. The Morgan fingerprint density at radius 2 is 1.53 bits per heavy atom. The molecule has 0 saturated carbocycles. The summed E-state index contributed by atoms with van der Waals surface area (Å²) in [6, 6.07) is 5.52. The lowest BCUT2D eigenvalue weighted by molar-refractivity contribution is 0.130. The molecule has 1 aromatic carbocycles. The standard InChI is InChI=1S/C12H18O3/c1-12(2,3)15-9-6-7-10(13-4)11(8-9)14-5/h6-8H,1-5H3. The van der Waals surface area contributed by atoms with Crippen molar-refractivity contribution in [2.75, 3.05) is 14.2 Å². The molecule has 0 N–H and O–H groups in total. The third kappa shape index (κ3) is 3.35. The van der Waals surface area contributed by atoms with Gasteiger partial charge in [0.15, 0.2) is 11.5 Å². The van der Waals surface area contributed by atoms with Crippen LogP contribution in [0.15, 0.2) is 18.2 Å². The van der Waals surface area contributed by atoms with Crippen LogP contribution in [0.1, 0.15) is 20.8 Å². The first-order valence-electron chi connectivity index (χ1n) is 4.87. The fourth-order valence-corrected chi connectivity index (χ4v) is 1.23. The Morgan fingerprint density at radius 3 is 2.00 bits per heavy atom. The first kappa shape index (κ1) is 11.7. The monoisotopic (exact) mass is 210 g/mol. The maximum atomic E-state index is 5.71. The minimum absolute atomic E-state index is 0.209. The van der Waals surface area contributed by atoms with Crippen molar-refractivity contribution in [2.24, 2.45) is 0 Å². The van der Waals surface area contributed by atoms with Gasteiger partial charge < -0.3 is 14.2 Å². The van der Waals surface area contributed by atoms with E-state index in [1.165, 1.54) is 0 Å². The molecule has 84 valence electrons. The molecular formula is C12H18O3. The van der Waals surface area contributed by atoms with E-state index in [0.717, 1.165) is 5.75 Å². The van der Waals surface area contributed by atoms with Gasteiger partial charge in [-0.25, -0.2) is 0 Å². The number of hydrogen-bond acceptors (Lipinski definition) is 3. The van der Waals surface area contributed by atoms with E-state index in [9.17, 15) is 0 Å². The Hall–Kier alpha value is -1.38. The summed E-state index contributed by atoms with van der Waals surface area (Å²) in [6.45, 7) is 6.01. The van der Waals surface area contributed by atoms with Crippen LogP contribution in [0.2, 0.25) is 0 Å². The number of methoxy groups -OCH3 is 2. The fourth-order valence-electron chi connectivity index (χ4n) is 1.23. The number of rotatable bonds is 3. The number of benzene rings is 1. The van der Waals surface area contributed by atoms with E-state index in [1.54, 1.807) is 14.2 Å². The van der Waals surface area contributed by atoms with Crippen molar-refractivity contribution in [3.63, 3.8) is 0 Å². The molecule has 0 radical (unpaired) electrons. The van der Waals surface area contributed by atoms with E-state index in [0.29, 0.717) is 11.5 Å². The van der Waals surface area contributed by atoms with Crippen molar-refractivity contribution in [2.45, 2.75) is 26.4 Å². The Bertz CT molecular complexity index is 326. The summed E-state index contributed by atoms with van der Waals surface area (Å²) in [7, 11) is 3.22. The van der Waals surface area contributed by atoms with Crippen LogP contribution in [0.3, 0.4) is 0 Å². The van der Waals surface area contributed by atoms with Gasteiger partial charge in [0.1, 0.15) is 11.4 Å². The van der Waals surface area contributed by atoms with Crippen LogP contribution in [-0.4, -0.2) is 19.8 Å². The molecule has 1 rings (SSSR count). The van der Waals surface area contributed by atoms with E-state index in [2.05, 4.69) is 0 Å². The topological polar surface area (TPSA) is 27.7 Å². The average Bonchev–Trinajstić information content (AvgIpc) is 2.15. The van der Waals surface area contributed by atoms with Crippen molar-refractivity contribution >= 4 is 0 Å². The lowest BCUT2D eigenvalue weighted by Crippen LogP contribution is -2.22. The zero-order valence-corrected chi connectivity index (χ0v) is 9.96. The zero-order chi connectivity index (χ0) is 11.5. The van der Waals surface area contributed by atoms with Crippen molar-refractivity contribution in [1.82, 2.24) is 0 Å². The summed E-state index contributed by atoms with van der Waals surface area (Å²) in [4.78, 5) is 0. The fraction of sp³-hybridized carbons (Fsp3) is 0.500. The third-order valence-electron chi connectivity index (χ3n) is 1.78. The Morgan fingerprint density at radius 1 is 0.933 bits per heavy atom. The van der Waals surface area contributed by atoms with Crippen LogP contribution in [0, 0.1) is 0 Å². The average molecular weight is 210 g/mol. The highest BCUT2D eigenvalue weighted by molar-refractivity contribution is 5.45. The molecule has 1 aromatic rings. The molecule has 3 heteroatoms. The van der Waals surface area contributed by atoms with Crippen molar-refractivity contribution in [3.8, 4) is 17.2 Å². The molecule has 3 nitrogen and oxygen atoms in total. The van der Waals surface area contributed by atoms with Crippen LogP contribution < -0.4 is 14.2 Å². The van der Waals surface area contributed by atoms with Gasteiger partial charge in [-0.3, -0.25) is 0 Å². The van der Waals surface area contributed by atoms with Crippen LogP contribution in [0.25, 0.3) is 0 Å². The van der Waals surface area contributed by atoms with Gasteiger partial charge in [-0.1, -0.05) is 0 Å². The van der Waals surface area contributed by atoms with Gasteiger partial charge in [0.2, 0.25) is 0 Å². The van der Waals surface area contributed by atoms with Gasteiger partial charge in [-0.15, -0.1) is 0 Å². The van der Waals surface area contributed by atoms with Crippen molar-refractivity contribution in [1.29, 1.82) is 0 Å². The van der Waals surface area contributed by atoms with Crippen LogP contribution in [-0.2, 0) is 0 Å². The van der Waals surface area contributed by atoms with Crippen molar-refractivity contribution in [3.05, 3.63) is 18.2 Å². The summed E-state index contributed by atoms with van der Waals surface area (Å²) in [6.07, 6.45) is 0. The van der Waals surface area contributed by atoms with Gasteiger partial charge >= 0.3 is 0 Å². The van der Waals surface area contributed by atoms with E-state index in [-0.39, 0.29) is 5.60 Å². The van der Waals surface area contributed by atoms with Gasteiger partial charge in [0.25, 0.3) is 0 Å². The third-order valence-corrected chi connectivity index (χ3v) is 1.78. The molecule has 0 fully saturated rings. The molecule has 0 aliphatic heterocycles. The van der Waals surface area contributed by atoms with Crippen LogP contribution in [0.4, 0.5) is 0 Å². The lowest BCUT2D eigenvalue weighted by Gasteiger charge is -2.21. The summed E-state index contributed by atoms with van der Waals surface area (Å²) < 4.78 is 16.0. The predicted octanol–water partition coefficient (Wildman–Crippen LogP) is 2.88. The second-order valence-electron chi connectivity index (χ2n) is 4.23. The summed E-state index contributed by atoms with van der Waals surface area (Å²) in [5.41, 5.74) is -0.209. The first-order valence-corrected chi connectivity index (χ1v) is 4.87. The molecular weight excluding hydrogens is 192 g/mol. The second kappa shape index (κ2) is 4.43. The quantitative estimate of drug-likeness (QED) is 0.767. The largest absolute Gasteiger partial charge is 0.493 e. The summed E-state index contributed by atoms with van der Waals surface area (Å²) in [5, 5.41) is 0. The second-order valence-corrected chi connectivity index (χ2v) is 4.23. The lowest BCUT2D eigenvalue weighted by atomic mass is 10.2. The summed E-state index contributed by atoms with van der Waals surface area (Å²) >= 11 is 0. The molecule has 0 unspecified atom stereocenters. The number of ether oxygens (including phenoxy) is 3. The van der Waals surface area contributed by atoms with Crippen molar-refractivity contribution < 1.29 is 14.2 Å². The minimum atomic E-state index is -0.209. The molecule has 0 saturated heterocycles. The first-order chi connectivity index (χ1) is 6.96. The highest BCUT2D eigenvalue weighted by atomic mass is 16.5. The molecule has 0 atom stereocenters. The van der Waals surface area contributed by atoms with Gasteiger partial charge in [-0.05, 0) is 32.9 Å². The molecule has 0 aliphatic rings. The van der Waals surface area contributed by atoms with Crippen LogP contribution >= 0.6 is 0 Å². The maximum Gasteiger partial charge on any atom is 0.164 e. The highest BCUT2D eigenvalue weighted by Crippen LogP contribution is 2.32.